The number of rotatable bonds is 2. The number of aromatic nitrogens is 1. The average molecular weight is 429 g/mol. The van der Waals surface area contributed by atoms with Crippen LogP contribution in [-0.2, 0) is 0 Å². The van der Waals surface area contributed by atoms with Gasteiger partial charge in [-0.3, -0.25) is 0 Å². The minimum atomic E-state index is 0.350. The third kappa shape index (κ3) is 2.73. The molecule has 0 aliphatic heterocycles. The van der Waals surface area contributed by atoms with Crippen LogP contribution in [0.2, 0.25) is 5.02 Å². The number of hydrogen-bond donors (Lipinski definition) is 1. The van der Waals surface area contributed by atoms with Crippen molar-refractivity contribution in [3.8, 4) is 22.5 Å². The van der Waals surface area contributed by atoms with E-state index in [9.17, 15) is 0 Å². The lowest BCUT2D eigenvalue weighted by Crippen LogP contribution is -1.89. The molecule has 1 aromatic heterocycles. The van der Waals surface area contributed by atoms with Crippen LogP contribution < -0.4 is 5.73 Å². The molecule has 0 saturated heterocycles. The van der Waals surface area contributed by atoms with Crippen molar-refractivity contribution in [1.82, 2.24) is 5.16 Å². The lowest BCUT2D eigenvalue weighted by molar-refractivity contribution is 0.436. The van der Waals surface area contributed by atoms with Gasteiger partial charge in [-0.1, -0.05) is 50.9 Å². The molecular formula is C15H9Br2ClN2O. The predicted molar refractivity (Wildman–Crippen MR) is 92.2 cm³/mol. The fraction of sp³-hybridized carbons (Fsp3) is 0. The van der Waals surface area contributed by atoms with Gasteiger partial charge in [-0.15, -0.1) is 0 Å². The Morgan fingerprint density at radius 1 is 1.05 bits per heavy atom. The normalized spacial score (nSPS) is 10.8. The Balaban J connectivity index is 2.22. The van der Waals surface area contributed by atoms with Gasteiger partial charge in [0.2, 0.25) is 0 Å². The number of anilines is 1. The first-order chi connectivity index (χ1) is 10.1. The summed E-state index contributed by atoms with van der Waals surface area (Å²) in [7, 11) is 0. The minimum Gasteiger partial charge on any atom is -0.380 e. The van der Waals surface area contributed by atoms with Crippen LogP contribution in [-0.4, -0.2) is 5.16 Å². The lowest BCUT2D eigenvalue weighted by Gasteiger charge is -2.06. The number of hydrogen-bond acceptors (Lipinski definition) is 3. The van der Waals surface area contributed by atoms with E-state index in [0.29, 0.717) is 16.6 Å². The summed E-state index contributed by atoms with van der Waals surface area (Å²) in [6.45, 7) is 0. The molecule has 2 N–H and O–H groups in total. The molecule has 0 unspecified atom stereocenters. The molecule has 6 heteroatoms. The molecule has 0 aliphatic carbocycles. The molecule has 3 aromatic rings. The molecule has 3 rings (SSSR count). The largest absolute Gasteiger partial charge is 0.380 e. The molecule has 0 amide bonds. The topological polar surface area (TPSA) is 52.0 Å². The van der Waals surface area contributed by atoms with E-state index in [-0.39, 0.29) is 0 Å². The second-order valence-electron chi connectivity index (χ2n) is 4.38. The first kappa shape index (κ1) is 14.6. The van der Waals surface area contributed by atoms with Gasteiger partial charge in [-0.2, -0.15) is 0 Å². The molecule has 1 heterocycles. The summed E-state index contributed by atoms with van der Waals surface area (Å²) >= 11 is 13.0. The van der Waals surface area contributed by atoms with Gasteiger partial charge in [0.15, 0.2) is 11.6 Å². The number of halogens is 3. The SMILES string of the molecule is Nc1noc(-c2ccc(Cl)c(Br)c2)c1-c1ccccc1Br. The van der Waals surface area contributed by atoms with Crippen molar-refractivity contribution in [2.45, 2.75) is 0 Å². The minimum absolute atomic E-state index is 0.350. The van der Waals surface area contributed by atoms with Crippen molar-refractivity contribution in [3.63, 3.8) is 0 Å². The van der Waals surface area contributed by atoms with Crippen LogP contribution in [0.15, 0.2) is 55.9 Å². The standard InChI is InChI=1S/C15H9Br2ClN2O/c16-10-4-2-1-3-9(10)13-14(21-20-15(13)19)8-5-6-12(18)11(17)7-8/h1-7H,(H2,19,20). The first-order valence-corrected chi connectivity index (χ1v) is 8.00. The maximum Gasteiger partial charge on any atom is 0.176 e. The third-order valence-electron chi connectivity index (χ3n) is 3.04. The average Bonchev–Trinajstić information content (AvgIpc) is 2.84. The van der Waals surface area contributed by atoms with Gasteiger partial charge in [0.1, 0.15) is 0 Å². The maximum absolute atomic E-state index is 6.03. The van der Waals surface area contributed by atoms with Crippen molar-refractivity contribution in [1.29, 1.82) is 0 Å². The van der Waals surface area contributed by atoms with Crippen LogP contribution in [0.1, 0.15) is 0 Å². The van der Waals surface area contributed by atoms with Crippen LogP contribution in [0, 0.1) is 0 Å². The number of benzene rings is 2. The summed E-state index contributed by atoms with van der Waals surface area (Å²) in [5.74, 6) is 0.958. The Hall–Kier alpha value is -1.30. The zero-order valence-electron chi connectivity index (χ0n) is 10.6. The van der Waals surface area contributed by atoms with Gasteiger partial charge < -0.3 is 10.3 Å². The smallest absolute Gasteiger partial charge is 0.176 e. The molecule has 0 bridgehead atoms. The van der Waals surface area contributed by atoms with Crippen LogP contribution in [0.3, 0.4) is 0 Å². The van der Waals surface area contributed by atoms with Gasteiger partial charge in [0, 0.05) is 20.1 Å². The van der Waals surface area contributed by atoms with Crippen LogP contribution in [0.5, 0.6) is 0 Å². The van der Waals surface area contributed by atoms with Gasteiger partial charge in [0.05, 0.1) is 10.6 Å². The predicted octanol–water partition coefficient (Wildman–Crippen LogP) is 5.77. The number of nitrogens with zero attached hydrogens (tertiary/aromatic N) is 1. The molecule has 2 aromatic carbocycles. The van der Waals surface area contributed by atoms with E-state index < -0.39 is 0 Å². The highest BCUT2D eigenvalue weighted by Gasteiger charge is 2.19. The quantitative estimate of drug-likeness (QED) is 0.564. The summed E-state index contributed by atoms with van der Waals surface area (Å²) < 4.78 is 7.14. The molecule has 0 saturated carbocycles. The second-order valence-corrected chi connectivity index (χ2v) is 6.50. The van der Waals surface area contributed by atoms with Crippen LogP contribution >= 0.6 is 43.5 Å². The van der Waals surface area contributed by atoms with E-state index >= 15 is 0 Å². The van der Waals surface area contributed by atoms with E-state index in [4.69, 9.17) is 21.9 Å². The summed E-state index contributed by atoms with van der Waals surface area (Å²) in [5, 5.41) is 4.53. The Morgan fingerprint density at radius 3 is 2.52 bits per heavy atom. The van der Waals surface area contributed by atoms with E-state index in [1.54, 1.807) is 6.07 Å². The highest BCUT2D eigenvalue weighted by Crippen LogP contribution is 2.41. The third-order valence-corrected chi connectivity index (χ3v) is 4.95. The first-order valence-electron chi connectivity index (χ1n) is 6.03. The number of nitrogens with two attached hydrogens (primary N) is 1. The van der Waals surface area contributed by atoms with E-state index in [1.165, 1.54) is 0 Å². The fourth-order valence-electron chi connectivity index (χ4n) is 2.06. The lowest BCUT2D eigenvalue weighted by atomic mass is 10.0. The Labute approximate surface area is 143 Å². The molecule has 106 valence electrons. The van der Waals surface area contributed by atoms with Crippen molar-refractivity contribution in [2.24, 2.45) is 0 Å². The zero-order valence-corrected chi connectivity index (χ0v) is 14.5. The van der Waals surface area contributed by atoms with Crippen molar-refractivity contribution < 1.29 is 4.52 Å². The molecule has 0 spiro atoms. The van der Waals surface area contributed by atoms with Crippen molar-refractivity contribution in [3.05, 3.63) is 56.4 Å². The summed E-state index contributed by atoms with van der Waals surface area (Å²) in [4.78, 5) is 0. The molecule has 0 radical (unpaired) electrons. The Bertz CT molecular complexity index is 817. The highest BCUT2D eigenvalue weighted by molar-refractivity contribution is 9.11. The Morgan fingerprint density at radius 2 is 1.81 bits per heavy atom. The molecular weight excluding hydrogens is 419 g/mol. The van der Waals surface area contributed by atoms with E-state index in [0.717, 1.165) is 25.6 Å². The van der Waals surface area contributed by atoms with E-state index in [1.807, 2.05) is 36.4 Å². The Kier molecular flexibility index (Phi) is 4.06. The zero-order chi connectivity index (χ0) is 15.0. The molecule has 3 nitrogen and oxygen atoms in total. The highest BCUT2D eigenvalue weighted by atomic mass is 79.9. The monoisotopic (exact) mass is 426 g/mol. The second kappa shape index (κ2) is 5.83. The molecule has 0 atom stereocenters. The van der Waals surface area contributed by atoms with Gasteiger partial charge in [0.25, 0.3) is 0 Å². The molecule has 0 fully saturated rings. The molecule has 0 aliphatic rings. The summed E-state index contributed by atoms with van der Waals surface area (Å²) in [5.41, 5.74) is 8.52. The van der Waals surface area contributed by atoms with Crippen molar-refractivity contribution >= 4 is 49.3 Å². The van der Waals surface area contributed by atoms with E-state index in [2.05, 4.69) is 37.0 Å². The van der Waals surface area contributed by atoms with Gasteiger partial charge >= 0.3 is 0 Å². The maximum atomic E-state index is 6.03. The van der Waals surface area contributed by atoms with Crippen LogP contribution in [0.25, 0.3) is 22.5 Å². The number of nitrogen functional groups attached to an aromatic ring is 1. The van der Waals surface area contributed by atoms with Crippen molar-refractivity contribution in [2.75, 3.05) is 5.73 Å². The fourth-order valence-corrected chi connectivity index (χ4v) is 3.04. The molecule has 21 heavy (non-hydrogen) atoms. The summed E-state index contributed by atoms with van der Waals surface area (Å²) in [6.07, 6.45) is 0. The van der Waals surface area contributed by atoms with Gasteiger partial charge in [-0.05, 0) is 40.2 Å². The van der Waals surface area contributed by atoms with Crippen LogP contribution in [0.4, 0.5) is 5.82 Å². The summed E-state index contributed by atoms with van der Waals surface area (Å²) in [6, 6.07) is 13.3. The van der Waals surface area contributed by atoms with Gasteiger partial charge in [-0.25, -0.2) is 0 Å².